The summed E-state index contributed by atoms with van der Waals surface area (Å²) in [6.07, 6.45) is 4.37. The second-order valence-corrected chi connectivity index (χ2v) is 7.61. The predicted octanol–water partition coefficient (Wildman–Crippen LogP) is 0.766. The zero-order valence-electron chi connectivity index (χ0n) is 13.3. The van der Waals surface area contributed by atoms with Gasteiger partial charge in [-0.15, -0.1) is 0 Å². The third kappa shape index (κ3) is 5.61. The Morgan fingerprint density at radius 1 is 1.04 bits per heavy atom. The number of rotatable bonds is 7. The number of benzene rings is 1. The van der Waals surface area contributed by atoms with Crippen LogP contribution in [0.4, 0.5) is 5.69 Å². The van der Waals surface area contributed by atoms with E-state index in [4.69, 9.17) is 0 Å². The lowest BCUT2D eigenvalue weighted by Crippen LogP contribution is -2.36. The van der Waals surface area contributed by atoms with Gasteiger partial charge in [-0.25, -0.2) is 13.1 Å². The van der Waals surface area contributed by atoms with E-state index in [0.717, 1.165) is 32.1 Å². The molecule has 0 saturated heterocycles. The van der Waals surface area contributed by atoms with Gasteiger partial charge in [0, 0.05) is 24.1 Å². The average molecular weight is 353 g/mol. The van der Waals surface area contributed by atoms with Gasteiger partial charge in [0.1, 0.15) is 0 Å². The third-order valence-electron chi connectivity index (χ3n) is 3.93. The van der Waals surface area contributed by atoms with Gasteiger partial charge in [-0.3, -0.25) is 4.79 Å². The summed E-state index contributed by atoms with van der Waals surface area (Å²) in [6, 6.07) is 5.77. The van der Waals surface area contributed by atoms with Gasteiger partial charge in [-0.2, -0.15) is 0 Å². The fourth-order valence-corrected chi connectivity index (χ4v) is 3.97. The third-order valence-corrected chi connectivity index (χ3v) is 5.47. The molecule has 0 aliphatic heterocycles. The van der Waals surface area contributed by atoms with Crippen molar-refractivity contribution < 1.29 is 23.1 Å². The van der Waals surface area contributed by atoms with Gasteiger partial charge >= 0.3 is 0 Å². The number of sulfonamides is 1. The molecule has 1 aromatic rings. The van der Waals surface area contributed by atoms with E-state index < -0.39 is 21.9 Å². The van der Waals surface area contributed by atoms with Crippen LogP contribution < -0.4 is 15.1 Å². The average Bonchev–Trinajstić information content (AvgIpc) is 2.54. The predicted molar refractivity (Wildman–Crippen MR) is 86.5 cm³/mol. The number of carbonyl (C=O) groups is 2. The molecule has 2 N–H and O–H groups in total. The monoisotopic (exact) mass is 353 g/mol. The highest BCUT2D eigenvalue weighted by Gasteiger charge is 2.21. The Bertz CT molecular complexity index is 679. The Morgan fingerprint density at radius 3 is 2.25 bits per heavy atom. The molecule has 0 radical (unpaired) electrons. The van der Waals surface area contributed by atoms with Gasteiger partial charge in [0.25, 0.3) is 0 Å². The fraction of sp³-hybridized carbons (Fsp3) is 0.500. The second kappa shape index (κ2) is 8.25. The van der Waals surface area contributed by atoms with Gasteiger partial charge in [-0.05, 0) is 43.5 Å². The van der Waals surface area contributed by atoms with Gasteiger partial charge in [-0.1, -0.05) is 19.3 Å². The van der Waals surface area contributed by atoms with Crippen molar-refractivity contribution in [3.05, 3.63) is 24.3 Å². The van der Waals surface area contributed by atoms with Crippen LogP contribution in [-0.4, -0.2) is 26.3 Å². The minimum atomic E-state index is -3.58. The molecule has 1 amide bonds. The van der Waals surface area contributed by atoms with Crippen LogP contribution in [0.25, 0.3) is 0 Å². The molecule has 132 valence electrons. The maximum Gasteiger partial charge on any atom is 0.240 e. The molecule has 1 aromatic carbocycles. The summed E-state index contributed by atoms with van der Waals surface area (Å²) in [7, 11) is -3.58. The van der Waals surface area contributed by atoms with E-state index in [1.807, 2.05) is 0 Å². The van der Waals surface area contributed by atoms with Crippen LogP contribution in [-0.2, 0) is 19.6 Å². The molecule has 1 aliphatic rings. The Labute approximate surface area is 141 Å². The van der Waals surface area contributed by atoms with E-state index in [0.29, 0.717) is 5.69 Å². The topological polar surface area (TPSA) is 115 Å². The maximum absolute atomic E-state index is 12.3. The van der Waals surface area contributed by atoms with Crippen LogP contribution in [0.2, 0.25) is 0 Å². The number of anilines is 1. The van der Waals surface area contributed by atoms with E-state index in [2.05, 4.69) is 10.0 Å². The highest BCUT2D eigenvalue weighted by molar-refractivity contribution is 7.89. The van der Waals surface area contributed by atoms with Gasteiger partial charge < -0.3 is 15.2 Å². The van der Waals surface area contributed by atoms with E-state index >= 15 is 0 Å². The Hall–Kier alpha value is -1.93. The summed E-state index contributed by atoms with van der Waals surface area (Å²) < 4.78 is 27.4. The molecule has 0 aromatic heterocycles. The van der Waals surface area contributed by atoms with E-state index in [9.17, 15) is 23.1 Å². The highest BCUT2D eigenvalue weighted by Crippen LogP contribution is 2.20. The van der Waals surface area contributed by atoms with Crippen LogP contribution in [0.1, 0.15) is 44.9 Å². The molecule has 0 unspecified atom stereocenters. The Morgan fingerprint density at radius 2 is 1.67 bits per heavy atom. The zero-order chi connectivity index (χ0) is 17.6. The van der Waals surface area contributed by atoms with Gasteiger partial charge in [0.15, 0.2) is 0 Å². The first kappa shape index (κ1) is 18.4. The van der Waals surface area contributed by atoms with Crippen LogP contribution in [0.3, 0.4) is 0 Å². The number of carbonyl (C=O) groups excluding carboxylic acids is 2. The first-order valence-corrected chi connectivity index (χ1v) is 9.47. The normalized spacial score (nSPS) is 15.8. The van der Waals surface area contributed by atoms with Crippen molar-refractivity contribution in [3.63, 3.8) is 0 Å². The molecule has 0 heterocycles. The second-order valence-electron chi connectivity index (χ2n) is 5.90. The smallest absolute Gasteiger partial charge is 0.240 e. The summed E-state index contributed by atoms with van der Waals surface area (Å²) in [5.74, 6) is -1.75. The minimum absolute atomic E-state index is 0.0206. The lowest BCUT2D eigenvalue weighted by Gasteiger charge is -2.22. The van der Waals surface area contributed by atoms with Crippen molar-refractivity contribution in [2.75, 3.05) is 5.32 Å². The van der Waals surface area contributed by atoms with Gasteiger partial charge in [0.05, 0.1) is 4.90 Å². The van der Waals surface area contributed by atoms with Crippen molar-refractivity contribution in [1.29, 1.82) is 0 Å². The number of hydrogen-bond acceptors (Lipinski definition) is 5. The van der Waals surface area contributed by atoms with E-state index in [1.54, 1.807) is 0 Å². The molecule has 24 heavy (non-hydrogen) atoms. The highest BCUT2D eigenvalue weighted by atomic mass is 32.2. The molecule has 0 atom stereocenters. The molecule has 0 bridgehead atoms. The van der Waals surface area contributed by atoms with Crippen molar-refractivity contribution in [1.82, 2.24) is 4.72 Å². The molecular formula is C16H21N2O5S-. The van der Waals surface area contributed by atoms with Crippen molar-refractivity contribution in [3.8, 4) is 0 Å². The van der Waals surface area contributed by atoms with Crippen LogP contribution in [0.15, 0.2) is 29.2 Å². The number of nitrogens with one attached hydrogen (secondary N) is 2. The lowest BCUT2D eigenvalue weighted by atomic mass is 9.96. The fourth-order valence-electron chi connectivity index (χ4n) is 2.66. The van der Waals surface area contributed by atoms with E-state index in [-0.39, 0.29) is 23.8 Å². The standard InChI is InChI=1S/C16H22N2O5S/c19-15(10-11-16(20)21)17-12-6-8-14(9-7-12)24(22,23)18-13-4-2-1-3-5-13/h6-9,13,18H,1-5,10-11H2,(H,17,19)(H,20,21)/p-1. The zero-order valence-corrected chi connectivity index (χ0v) is 14.1. The quantitative estimate of drug-likeness (QED) is 0.751. The van der Waals surface area contributed by atoms with Crippen molar-refractivity contribution in [2.45, 2.75) is 55.9 Å². The summed E-state index contributed by atoms with van der Waals surface area (Å²) >= 11 is 0. The van der Waals surface area contributed by atoms with Crippen LogP contribution in [0, 0.1) is 0 Å². The van der Waals surface area contributed by atoms with Crippen molar-refractivity contribution in [2.24, 2.45) is 0 Å². The molecular weight excluding hydrogens is 332 g/mol. The summed E-state index contributed by atoms with van der Waals surface area (Å²) in [6.45, 7) is 0. The Kier molecular flexibility index (Phi) is 6.33. The lowest BCUT2D eigenvalue weighted by molar-refractivity contribution is -0.305. The summed E-state index contributed by atoms with van der Waals surface area (Å²) in [5, 5.41) is 12.8. The molecule has 2 rings (SSSR count). The molecule has 1 fully saturated rings. The molecule has 7 nitrogen and oxygen atoms in total. The van der Waals surface area contributed by atoms with Gasteiger partial charge in [0.2, 0.25) is 15.9 Å². The molecule has 0 spiro atoms. The number of aliphatic carboxylic acids is 1. The minimum Gasteiger partial charge on any atom is -0.550 e. The SMILES string of the molecule is O=C([O-])CCC(=O)Nc1ccc(S(=O)(=O)NC2CCCCC2)cc1. The molecule has 1 aliphatic carbocycles. The summed E-state index contributed by atoms with van der Waals surface area (Å²) in [4.78, 5) is 22.0. The Balaban J connectivity index is 1.94. The number of amides is 1. The van der Waals surface area contributed by atoms with Crippen LogP contribution >= 0.6 is 0 Å². The largest absolute Gasteiger partial charge is 0.550 e. The van der Waals surface area contributed by atoms with Crippen molar-refractivity contribution >= 4 is 27.6 Å². The first-order chi connectivity index (χ1) is 11.4. The molecule has 8 heteroatoms. The first-order valence-electron chi connectivity index (χ1n) is 7.99. The number of carboxylic acids is 1. The summed E-state index contributed by atoms with van der Waals surface area (Å²) in [5.41, 5.74) is 0.412. The van der Waals surface area contributed by atoms with E-state index in [1.165, 1.54) is 24.3 Å². The van der Waals surface area contributed by atoms with Crippen LogP contribution in [0.5, 0.6) is 0 Å². The number of hydrogen-bond donors (Lipinski definition) is 2. The number of carboxylic acid groups (broad SMARTS) is 1. The maximum atomic E-state index is 12.3. The molecule has 1 saturated carbocycles.